The standard InChI is InChI=1S/C21H29N3O3/c1-14(25)24-18-4-2-15(3-5-18)11-22-19(26)12-23-20-7-16-6-17(8-20)10-21(27,9-16)13-20/h2-5,16-17,23,27H,6-13H2,1H3,(H,22,26)(H,24,25)/t16-,17-,20?,21?/m1/s1. The van der Waals surface area contributed by atoms with Gasteiger partial charge < -0.3 is 21.1 Å². The van der Waals surface area contributed by atoms with Crippen molar-refractivity contribution in [3.05, 3.63) is 29.8 Å². The average molecular weight is 371 g/mol. The first-order valence-corrected chi connectivity index (χ1v) is 9.94. The van der Waals surface area contributed by atoms with Gasteiger partial charge >= 0.3 is 0 Å². The van der Waals surface area contributed by atoms with E-state index in [1.54, 1.807) is 0 Å². The number of carbonyl (C=O) groups is 2. The summed E-state index contributed by atoms with van der Waals surface area (Å²) in [6.07, 6.45) is 6.08. The summed E-state index contributed by atoms with van der Waals surface area (Å²) in [5.74, 6) is 1.09. The number of carbonyl (C=O) groups excluding carboxylic acids is 2. The monoisotopic (exact) mass is 371 g/mol. The summed E-state index contributed by atoms with van der Waals surface area (Å²) in [7, 11) is 0. The molecule has 0 spiro atoms. The maximum Gasteiger partial charge on any atom is 0.234 e. The SMILES string of the molecule is CC(=O)Nc1ccc(CNC(=O)CNC23C[C@H]4C[C@@H](CC(O)(C4)C2)C3)cc1. The highest BCUT2D eigenvalue weighted by Crippen LogP contribution is 2.57. The van der Waals surface area contributed by atoms with E-state index >= 15 is 0 Å². The van der Waals surface area contributed by atoms with E-state index in [-0.39, 0.29) is 17.4 Å². The molecule has 4 saturated carbocycles. The molecular weight excluding hydrogens is 342 g/mol. The van der Waals surface area contributed by atoms with Crippen LogP contribution in [0.4, 0.5) is 5.69 Å². The molecular formula is C21H29N3O3. The van der Waals surface area contributed by atoms with Gasteiger partial charge in [0.15, 0.2) is 0 Å². The molecule has 27 heavy (non-hydrogen) atoms. The van der Waals surface area contributed by atoms with Crippen LogP contribution in [0.1, 0.15) is 51.0 Å². The maximum absolute atomic E-state index is 12.3. The Bertz CT molecular complexity index is 717. The number of benzene rings is 1. The fraction of sp³-hybridized carbons (Fsp3) is 0.619. The molecule has 0 unspecified atom stereocenters. The van der Waals surface area contributed by atoms with Gasteiger partial charge in [0.1, 0.15) is 0 Å². The van der Waals surface area contributed by atoms with Gasteiger partial charge in [-0.25, -0.2) is 0 Å². The molecule has 6 nitrogen and oxygen atoms in total. The van der Waals surface area contributed by atoms with Crippen molar-refractivity contribution in [2.75, 3.05) is 11.9 Å². The van der Waals surface area contributed by atoms with Gasteiger partial charge in [-0.3, -0.25) is 9.59 Å². The predicted octanol–water partition coefficient (Wildman–Crippen LogP) is 1.93. The lowest BCUT2D eigenvalue weighted by molar-refractivity contribution is -0.144. The third-order valence-electron chi connectivity index (χ3n) is 6.42. The van der Waals surface area contributed by atoms with Crippen molar-refractivity contribution in [1.82, 2.24) is 10.6 Å². The molecule has 0 heterocycles. The van der Waals surface area contributed by atoms with Crippen molar-refractivity contribution in [2.24, 2.45) is 11.8 Å². The minimum absolute atomic E-state index is 0.0244. The van der Waals surface area contributed by atoms with Crippen LogP contribution in [0, 0.1) is 11.8 Å². The first-order valence-electron chi connectivity index (χ1n) is 9.94. The highest BCUT2D eigenvalue weighted by Gasteiger charge is 2.56. The Morgan fingerprint density at radius 1 is 1.11 bits per heavy atom. The number of hydrogen-bond donors (Lipinski definition) is 4. The quantitative estimate of drug-likeness (QED) is 0.615. The summed E-state index contributed by atoms with van der Waals surface area (Å²) >= 11 is 0. The molecule has 0 saturated heterocycles. The molecule has 6 heteroatoms. The van der Waals surface area contributed by atoms with Gasteiger partial charge in [-0.2, -0.15) is 0 Å². The number of nitrogens with one attached hydrogen (secondary N) is 3. The van der Waals surface area contributed by atoms with Crippen molar-refractivity contribution in [1.29, 1.82) is 0 Å². The highest BCUT2D eigenvalue weighted by atomic mass is 16.3. The van der Waals surface area contributed by atoms with Gasteiger partial charge in [-0.1, -0.05) is 12.1 Å². The Morgan fingerprint density at radius 2 is 1.78 bits per heavy atom. The van der Waals surface area contributed by atoms with Crippen LogP contribution >= 0.6 is 0 Å². The highest BCUT2D eigenvalue weighted by molar-refractivity contribution is 5.88. The van der Waals surface area contributed by atoms with E-state index in [1.807, 2.05) is 24.3 Å². The zero-order valence-corrected chi connectivity index (χ0v) is 15.9. The Hall–Kier alpha value is -1.92. The second-order valence-corrected chi connectivity index (χ2v) is 8.97. The van der Waals surface area contributed by atoms with Crippen molar-refractivity contribution in [2.45, 2.75) is 63.1 Å². The third kappa shape index (κ3) is 4.17. The van der Waals surface area contributed by atoms with E-state index in [0.717, 1.165) is 43.4 Å². The Kier molecular flexibility index (Phi) is 4.72. The van der Waals surface area contributed by atoms with Gasteiger partial charge in [0.05, 0.1) is 12.1 Å². The summed E-state index contributed by atoms with van der Waals surface area (Å²) < 4.78 is 0. The normalized spacial score (nSPS) is 33.7. The van der Waals surface area contributed by atoms with Crippen molar-refractivity contribution < 1.29 is 14.7 Å². The molecule has 2 amide bonds. The first-order chi connectivity index (χ1) is 12.8. The van der Waals surface area contributed by atoms with Crippen LogP contribution in [0.15, 0.2) is 24.3 Å². The second kappa shape index (κ2) is 6.91. The second-order valence-electron chi connectivity index (χ2n) is 8.97. The lowest BCUT2D eigenvalue weighted by Crippen LogP contribution is -2.65. The van der Waals surface area contributed by atoms with Crippen LogP contribution in [0.5, 0.6) is 0 Å². The summed E-state index contributed by atoms with van der Waals surface area (Å²) in [6, 6.07) is 7.45. The average Bonchev–Trinajstić information content (AvgIpc) is 2.57. The van der Waals surface area contributed by atoms with E-state index in [1.165, 1.54) is 13.3 Å². The topological polar surface area (TPSA) is 90.5 Å². The number of aliphatic hydroxyl groups is 1. The number of anilines is 1. The fourth-order valence-corrected chi connectivity index (χ4v) is 5.86. The molecule has 2 atom stereocenters. The number of hydrogen-bond acceptors (Lipinski definition) is 4. The van der Waals surface area contributed by atoms with Gasteiger partial charge in [-0.15, -0.1) is 0 Å². The van der Waals surface area contributed by atoms with Crippen LogP contribution < -0.4 is 16.0 Å². The lowest BCUT2D eigenvalue weighted by Gasteiger charge is -2.60. The molecule has 1 aromatic rings. The van der Waals surface area contributed by atoms with E-state index in [4.69, 9.17) is 0 Å². The first kappa shape index (κ1) is 18.4. The Labute approximate surface area is 160 Å². The Balaban J connectivity index is 1.26. The minimum atomic E-state index is -0.511. The van der Waals surface area contributed by atoms with Crippen LogP contribution in [0.3, 0.4) is 0 Å². The van der Waals surface area contributed by atoms with Gasteiger partial charge in [0.2, 0.25) is 11.8 Å². The molecule has 5 rings (SSSR count). The van der Waals surface area contributed by atoms with Crippen molar-refractivity contribution >= 4 is 17.5 Å². The number of amides is 2. The smallest absolute Gasteiger partial charge is 0.234 e. The summed E-state index contributed by atoms with van der Waals surface area (Å²) in [5.41, 5.74) is 1.17. The molecule has 146 valence electrons. The summed E-state index contributed by atoms with van der Waals surface area (Å²) in [5, 5.41) is 20.0. The van der Waals surface area contributed by atoms with E-state index in [9.17, 15) is 14.7 Å². The van der Waals surface area contributed by atoms with E-state index < -0.39 is 5.60 Å². The van der Waals surface area contributed by atoms with Gasteiger partial charge in [0.25, 0.3) is 0 Å². The van der Waals surface area contributed by atoms with E-state index in [0.29, 0.717) is 24.9 Å². The molecule has 0 radical (unpaired) electrons. The van der Waals surface area contributed by atoms with Crippen molar-refractivity contribution in [3.63, 3.8) is 0 Å². The number of rotatable bonds is 6. The van der Waals surface area contributed by atoms with Gasteiger partial charge in [0, 0.05) is 24.7 Å². The molecule has 4 N–H and O–H groups in total. The molecule has 0 aromatic heterocycles. The van der Waals surface area contributed by atoms with Crippen LogP contribution in [-0.4, -0.2) is 34.6 Å². The molecule has 4 aliphatic rings. The van der Waals surface area contributed by atoms with Crippen molar-refractivity contribution in [3.8, 4) is 0 Å². The summed E-state index contributed by atoms with van der Waals surface area (Å²) in [6.45, 7) is 2.23. The van der Waals surface area contributed by atoms with Gasteiger partial charge in [-0.05, 0) is 68.1 Å². The van der Waals surface area contributed by atoms with Crippen LogP contribution in [0.2, 0.25) is 0 Å². The van der Waals surface area contributed by atoms with E-state index in [2.05, 4.69) is 16.0 Å². The fourth-order valence-electron chi connectivity index (χ4n) is 5.86. The molecule has 0 aliphatic heterocycles. The molecule has 4 fully saturated rings. The maximum atomic E-state index is 12.3. The lowest BCUT2D eigenvalue weighted by atomic mass is 9.51. The zero-order valence-electron chi connectivity index (χ0n) is 15.9. The summed E-state index contributed by atoms with van der Waals surface area (Å²) in [4.78, 5) is 23.4. The molecule has 4 aliphatic carbocycles. The largest absolute Gasteiger partial charge is 0.390 e. The zero-order chi connectivity index (χ0) is 19.1. The Morgan fingerprint density at radius 3 is 2.37 bits per heavy atom. The molecule has 1 aromatic carbocycles. The predicted molar refractivity (Wildman–Crippen MR) is 103 cm³/mol. The van der Waals surface area contributed by atoms with Crippen LogP contribution in [-0.2, 0) is 16.1 Å². The minimum Gasteiger partial charge on any atom is -0.390 e. The van der Waals surface area contributed by atoms with Crippen LogP contribution in [0.25, 0.3) is 0 Å². The molecule has 4 bridgehead atoms. The third-order valence-corrected chi connectivity index (χ3v) is 6.42.